The largest absolute Gasteiger partial charge is 0.479 e. The van der Waals surface area contributed by atoms with Gasteiger partial charge in [-0.25, -0.2) is 4.79 Å². The molecule has 2 aromatic carbocycles. The zero-order chi connectivity index (χ0) is 19.0. The van der Waals surface area contributed by atoms with Crippen molar-refractivity contribution in [3.05, 3.63) is 59.7 Å². The Hall–Kier alpha value is -1.70. The Kier molecular flexibility index (Phi) is 5.14. The lowest BCUT2D eigenvalue weighted by atomic mass is 9.86. The second-order valence-electron chi connectivity index (χ2n) is 8.61. The number of aliphatic hydroxyl groups is 1. The number of aliphatic carboxylic acids is 1. The highest BCUT2D eigenvalue weighted by atomic mass is 28.3. The van der Waals surface area contributed by atoms with Gasteiger partial charge in [0.1, 0.15) is 0 Å². The van der Waals surface area contributed by atoms with Crippen molar-refractivity contribution in [3.8, 4) is 0 Å². The first-order valence-corrected chi connectivity index (χ1v) is 15.6. The molecule has 5 heteroatoms. The van der Waals surface area contributed by atoms with Crippen molar-refractivity contribution in [1.82, 2.24) is 0 Å². The van der Waals surface area contributed by atoms with E-state index in [4.69, 9.17) is 0 Å². The van der Waals surface area contributed by atoms with Crippen molar-refractivity contribution in [2.75, 3.05) is 0 Å². The molecular weight excluding hydrogens is 344 g/mol. The Morgan fingerprint density at radius 1 is 0.760 bits per heavy atom. The third kappa shape index (κ3) is 3.63. The highest BCUT2D eigenvalue weighted by Gasteiger charge is 2.45. The number of hydrogen-bond acceptors (Lipinski definition) is 2. The van der Waals surface area contributed by atoms with E-state index in [9.17, 15) is 15.0 Å². The normalized spacial score (nSPS) is 12.9. The van der Waals surface area contributed by atoms with Crippen molar-refractivity contribution in [2.24, 2.45) is 0 Å². The van der Waals surface area contributed by atoms with Gasteiger partial charge in [-0.1, -0.05) is 98.2 Å². The molecule has 0 heterocycles. The first-order valence-electron chi connectivity index (χ1n) is 8.56. The van der Waals surface area contributed by atoms with Crippen molar-refractivity contribution in [2.45, 2.75) is 44.9 Å². The van der Waals surface area contributed by atoms with E-state index in [-0.39, 0.29) is 0 Å². The number of carboxylic acid groups (broad SMARTS) is 1. The summed E-state index contributed by atoms with van der Waals surface area (Å²) in [6, 6.07) is 14.9. The van der Waals surface area contributed by atoms with E-state index in [1.54, 1.807) is 12.1 Å². The van der Waals surface area contributed by atoms with Crippen LogP contribution in [0.2, 0.25) is 39.3 Å². The van der Waals surface area contributed by atoms with Crippen LogP contribution in [0.1, 0.15) is 11.1 Å². The fraction of sp³-hybridized carbons (Fsp3) is 0.350. The fourth-order valence-corrected chi connectivity index (χ4v) is 6.62. The van der Waals surface area contributed by atoms with Gasteiger partial charge in [-0.15, -0.1) is 0 Å². The maximum Gasteiger partial charge on any atom is 0.345 e. The summed E-state index contributed by atoms with van der Waals surface area (Å²) in [6.07, 6.45) is 0. The summed E-state index contributed by atoms with van der Waals surface area (Å²) < 4.78 is 0. The molecule has 0 aliphatic heterocycles. The van der Waals surface area contributed by atoms with E-state index >= 15 is 0 Å². The van der Waals surface area contributed by atoms with Gasteiger partial charge in [0.25, 0.3) is 0 Å². The molecule has 25 heavy (non-hydrogen) atoms. The van der Waals surface area contributed by atoms with E-state index in [1.165, 1.54) is 0 Å². The quantitative estimate of drug-likeness (QED) is 0.793. The molecule has 0 fully saturated rings. The highest BCUT2D eigenvalue weighted by Crippen LogP contribution is 2.30. The monoisotopic (exact) mass is 372 g/mol. The highest BCUT2D eigenvalue weighted by molar-refractivity contribution is 6.89. The van der Waals surface area contributed by atoms with Gasteiger partial charge < -0.3 is 10.2 Å². The van der Waals surface area contributed by atoms with E-state index in [0.29, 0.717) is 11.1 Å². The molecule has 2 N–H and O–H groups in total. The molecule has 0 spiro atoms. The maximum absolute atomic E-state index is 12.4. The van der Waals surface area contributed by atoms with Crippen molar-refractivity contribution < 1.29 is 15.0 Å². The van der Waals surface area contributed by atoms with Crippen molar-refractivity contribution in [1.29, 1.82) is 0 Å². The third-order valence-electron chi connectivity index (χ3n) is 4.56. The van der Waals surface area contributed by atoms with Crippen LogP contribution < -0.4 is 10.4 Å². The van der Waals surface area contributed by atoms with E-state index in [0.717, 1.165) is 10.4 Å². The minimum atomic E-state index is -2.03. The van der Waals surface area contributed by atoms with Gasteiger partial charge in [0.2, 0.25) is 5.60 Å². The zero-order valence-corrected chi connectivity index (χ0v) is 17.9. The molecular formula is C20H28O3Si2. The number of rotatable bonds is 5. The Balaban J connectivity index is 2.87. The lowest BCUT2D eigenvalue weighted by molar-refractivity contribution is -0.154. The Bertz CT molecular complexity index is 729. The van der Waals surface area contributed by atoms with Crippen LogP contribution in [0.15, 0.2) is 48.5 Å². The molecule has 0 aliphatic rings. The summed E-state index contributed by atoms with van der Waals surface area (Å²) in [5, 5.41) is 23.6. The van der Waals surface area contributed by atoms with Crippen LogP contribution in [-0.2, 0) is 10.4 Å². The first-order chi connectivity index (χ1) is 11.4. The minimum Gasteiger partial charge on any atom is -0.479 e. The van der Waals surface area contributed by atoms with Gasteiger partial charge in [0.15, 0.2) is 0 Å². The number of hydrogen-bond donors (Lipinski definition) is 2. The molecule has 3 nitrogen and oxygen atoms in total. The number of carboxylic acids is 1. The second-order valence-corrected chi connectivity index (χ2v) is 18.7. The molecule has 0 bridgehead atoms. The molecule has 0 saturated heterocycles. The first kappa shape index (κ1) is 19.6. The standard InChI is InChI=1S/C20H28O3Si2/c1-24(2,3)17-13-9-7-11-15(17)20(23,19(21)22)16-12-8-10-14-18(16)25(4,5)6/h7-14,23H,1-6H3,(H,21,22). The summed E-state index contributed by atoms with van der Waals surface area (Å²) in [6.45, 7) is 13.0. The van der Waals surface area contributed by atoms with Gasteiger partial charge in [-0.05, 0) is 11.1 Å². The SMILES string of the molecule is C[Si](C)(C)c1ccccc1C(O)(C(=O)O)c1ccccc1[Si](C)(C)C. The molecule has 0 radical (unpaired) electrons. The summed E-state index contributed by atoms with van der Waals surface area (Å²) >= 11 is 0. The van der Waals surface area contributed by atoms with Gasteiger partial charge in [0.05, 0.1) is 16.1 Å². The predicted octanol–water partition coefficient (Wildman–Crippen LogP) is 3.10. The zero-order valence-electron chi connectivity index (χ0n) is 15.9. The van der Waals surface area contributed by atoms with Crippen LogP contribution in [0.25, 0.3) is 0 Å². The summed E-state index contributed by atoms with van der Waals surface area (Å²) in [5.41, 5.74) is -1.02. The van der Waals surface area contributed by atoms with E-state index in [2.05, 4.69) is 39.3 Å². The Morgan fingerprint density at radius 3 is 1.36 bits per heavy atom. The van der Waals surface area contributed by atoms with Crippen LogP contribution in [0, 0.1) is 0 Å². The molecule has 0 saturated carbocycles. The Labute approximate surface area is 152 Å². The predicted molar refractivity (Wildman–Crippen MR) is 109 cm³/mol. The average molecular weight is 373 g/mol. The number of carbonyl (C=O) groups is 1. The topological polar surface area (TPSA) is 57.5 Å². The molecule has 2 rings (SSSR count). The second kappa shape index (κ2) is 6.55. The van der Waals surface area contributed by atoms with Crippen molar-refractivity contribution >= 4 is 32.5 Å². The van der Waals surface area contributed by atoms with Gasteiger partial charge in [-0.2, -0.15) is 0 Å². The average Bonchev–Trinajstić information content (AvgIpc) is 2.52. The molecule has 134 valence electrons. The summed E-state index contributed by atoms with van der Waals surface area (Å²) in [4.78, 5) is 12.4. The van der Waals surface area contributed by atoms with Crippen LogP contribution in [0.3, 0.4) is 0 Å². The molecule has 0 unspecified atom stereocenters. The molecule has 2 aromatic rings. The Morgan fingerprint density at radius 2 is 1.08 bits per heavy atom. The minimum absolute atomic E-state index is 0.507. The lowest BCUT2D eigenvalue weighted by Crippen LogP contribution is -2.52. The smallest absolute Gasteiger partial charge is 0.345 e. The van der Waals surface area contributed by atoms with Crippen LogP contribution in [-0.4, -0.2) is 32.3 Å². The summed E-state index contributed by atoms with van der Waals surface area (Å²) in [7, 11) is -3.68. The van der Waals surface area contributed by atoms with Crippen LogP contribution >= 0.6 is 0 Å². The molecule has 0 amide bonds. The lowest BCUT2D eigenvalue weighted by Gasteiger charge is -2.34. The fourth-order valence-electron chi connectivity index (χ4n) is 3.28. The third-order valence-corrected chi connectivity index (χ3v) is 8.66. The van der Waals surface area contributed by atoms with Gasteiger partial charge in [-0.3, -0.25) is 0 Å². The van der Waals surface area contributed by atoms with Crippen molar-refractivity contribution in [3.63, 3.8) is 0 Å². The number of benzene rings is 2. The van der Waals surface area contributed by atoms with Gasteiger partial charge >= 0.3 is 5.97 Å². The van der Waals surface area contributed by atoms with E-state index < -0.39 is 27.7 Å². The maximum atomic E-state index is 12.4. The van der Waals surface area contributed by atoms with Crippen LogP contribution in [0.4, 0.5) is 0 Å². The summed E-state index contributed by atoms with van der Waals surface area (Å²) in [5.74, 6) is -1.22. The van der Waals surface area contributed by atoms with E-state index in [1.807, 2.05) is 36.4 Å². The molecule has 0 atom stereocenters. The van der Waals surface area contributed by atoms with Crippen LogP contribution in [0.5, 0.6) is 0 Å². The van der Waals surface area contributed by atoms with Gasteiger partial charge in [0, 0.05) is 0 Å². The molecule has 0 aliphatic carbocycles. The molecule has 0 aromatic heterocycles.